The number of hydrogen-bond donors (Lipinski definition) is 0. The molecule has 2 aliphatic rings. The highest BCUT2D eigenvalue weighted by molar-refractivity contribution is 5.85. The second-order valence-corrected chi connectivity index (χ2v) is 5.95. The Hall–Kier alpha value is -0.330. The molecule has 0 spiro atoms. The van der Waals surface area contributed by atoms with Gasteiger partial charge in [-0.05, 0) is 30.6 Å². The topological polar surface area (TPSA) is 17.1 Å². The second kappa shape index (κ2) is 3.08. The van der Waals surface area contributed by atoms with Crippen LogP contribution < -0.4 is 0 Å². The highest BCUT2D eigenvalue weighted by atomic mass is 16.1. The van der Waals surface area contributed by atoms with Crippen LogP contribution in [0.1, 0.15) is 59.3 Å². The lowest BCUT2D eigenvalue weighted by Crippen LogP contribution is -2.51. The summed E-state index contributed by atoms with van der Waals surface area (Å²) >= 11 is 0. The van der Waals surface area contributed by atoms with E-state index in [1.54, 1.807) is 0 Å². The summed E-state index contributed by atoms with van der Waals surface area (Å²) in [6.45, 7) is 6.70. The fourth-order valence-electron chi connectivity index (χ4n) is 3.63. The Morgan fingerprint density at radius 3 is 2.57 bits per heavy atom. The molecular formula is C13H22O. The molecule has 0 heterocycles. The van der Waals surface area contributed by atoms with Gasteiger partial charge in [-0.25, -0.2) is 0 Å². The Morgan fingerprint density at radius 1 is 1.14 bits per heavy atom. The molecule has 1 heteroatoms. The average molecular weight is 194 g/mol. The Bertz CT molecular complexity index is 254. The fraction of sp³-hybridized carbons (Fsp3) is 0.923. The number of rotatable bonds is 0. The summed E-state index contributed by atoms with van der Waals surface area (Å²) in [7, 11) is 0. The highest BCUT2D eigenvalue weighted by Crippen LogP contribution is 2.57. The van der Waals surface area contributed by atoms with Gasteiger partial charge in [0.15, 0.2) is 0 Å². The zero-order valence-corrected chi connectivity index (χ0v) is 9.73. The van der Waals surface area contributed by atoms with Crippen LogP contribution in [0.4, 0.5) is 0 Å². The monoisotopic (exact) mass is 194 g/mol. The van der Waals surface area contributed by atoms with Crippen molar-refractivity contribution in [2.45, 2.75) is 59.3 Å². The minimum Gasteiger partial charge on any atom is -0.299 e. The fourth-order valence-corrected chi connectivity index (χ4v) is 3.63. The van der Waals surface area contributed by atoms with E-state index in [0.29, 0.717) is 11.2 Å². The van der Waals surface area contributed by atoms with E-state index in [-0.39, 0.29) is 5.41 Å². The summed E-state index contributed by atoms with van der Waals surface area (Å²) in [5, 5.41) is 0. The Kier molecular flexibility index (Phi) is 2.24. The van der Waals surface area contributed by atoms with E-state index in [4.69, 9.17) is 0 Å². The molecule has 2 fully saturated rings. The zero-order valence-electron chi connectivity index (χ0n) is 9.73. The van der Waals surface area contributed by atoms with Crippen LogP contribution in [0.5, 0.6) is 0 Å². The summed E-state index contributed by atoms with van der Waals surface area (Å²) < 4.78 is 0. The first-order chi connectivity index (χ1) is 6.48. The smallest absolute Gasteiger partial charge is 0.139 e. The summed E-state index contributed by atoms with van der Waals surface area (Å²) in [6.07, 6.45) is 7.30. The van der Waals surface area contributed by atoms with Gasteiger partial charge in [0, 0.05) is 11.8 Å². The molecule has 0 bridgehead atoms. The van der Waals surface area contributed by atoms with Crippen molar-refractivity contribution in [2.24, 2.45) is 16.7 Å². The van der Waals surface area contributed by atoms with Gasteiger partial charge in [-0.2, -0.15) is 0 Å². The number of Topliss-reactive ketones (excluding diaryl/α,β-unsaturated/α-hetero) is 1. The first-order valence-corrected chi connectivity index (χ1v) is 6.02. The molecule has 0 aliphatic heterocycles. The number of ketones is 1. The largest absolute Gasteiger partial charge is 0.299 e. The molecule has 0 saturated heterocycles. The molecule has 2 aliphatic carbocycles. The van der Waals surface area contributed by atoms with E-state index >= 15 is 0 Å². The number of carbonyl (C=O) groups excluding carboxylic acids is 1. The maximum absolute atomic E-state index is 12.0. The maximum Gasteiger partial charge on any atom is 0.139 e. The summed E-state index contributed by atoms with van der Waals surface area (Å²) in [4.78, 5) is 12.0. The molecule has 0 amide bonds. The van der Waals surface area contributed by atoms with Crippen molar-refractivity contribution < 1.29 is 4.79 Å². The Labute approximate surface area is 87.3 Å². The molecule has 14 heavy (non-hydrogen) atoms. The molecule has 2 saturated carbocycles. The third kappa shape index (κ3) is 1.17. The first kappa shape index (κ1) is 10.2. The SMILES string of the molecule is CC1(C)C(=O)CC[C@H]2CCCC[C@@]21C. The van der Waals surface area contributed by atoms with Gasteiger partial charge < -0.3 is 0 Å². The first-order valence-electron chi connectivity index (χ1n) is 6.02. The average Bonchev–Trinajstić information content (AvgIpc) is 2.14. The van der Waals surface area contributed by atoms with Crippen LogP contribution in [0, 0.1) is 16.7 Å². The Balaban J connectivity index is 2.33. The minimum atomic E-state index is -0.0731. The van der Waals surface area contributed by atoms with Crippen molar-refractivity contribution in [1.82, 2.24) is 0 Å². The highest BCUT2D eigenvalue weighted by Gasteiger charge is 2.53. The van der Waals surface area contributed by atoms with Gasteiger partial charge in [0.25, 0.3) is 0 Å². The van der Waals surface area contributed by atoms with Crippen molar-refractivity contribution in [3.8, 4) is 0 Å². The van der Waals surface area contributed by atoms with E-state index in [2.05, 4.69) is 20.8 Å². The van der Waals surface area contributed by atoms with Crippen LogP contribution in [0.15, 0.2) is 0 Å². The minimum absolute atomic E-state index is 0.0731. The standard InChI is InChI=1S/C13H22O/c1-12(2)11(14)8-7-10-6-4-5-9-13(10,12)3/h10H,4-9H2,1-3H3/t10-,13+/m1/s1. The van der Waals surface area contributed by atoms with Crippen LogP contribution in [0.25, 0.3) is 0 Å². The van der Waals surface area contributed by atoms with Gasteiger partial charge in [0.05, 0.1) is 0 Å². The lowest BCUT2D eigenvalue weighted by Gasteiger charge is -2.54. The third-order valence-electron chi connectivity index (χ3n) is 5.24. The summed E-state index contributed by atoms with van der Waals surface area (Å²) in [5.74, 6) is 1.31. The van der Waals surface area contributed by atoms with Crippen molar-refractivity contribution in [1.29, 1.82) is 0 Å². The molecule has 1 nitrogen and oxygen atoms in total. The van der Waals surface area contributed by atoms with E-state index in [1.165, 1.54) is 25.7 Å². The van der Waals surface area contributed by atoms with Crippen molar-refractivity contribution in [3.05, 3.63) is 0 Å². The molecule has 0 N–H and O–H groups in total. The van der Waals surface area contributed by atoms with Gasteiger partial charge in [0.2, 0.25) is 0 Å². The van der Waals surface area contributed by atoms with Crippen molar-refractivity contribution in [3.63, 3.8) is 0 Å². The lowest BCUT2D eigenvalue weighted by molar-refractivity contribution is -0.146. The summed E-state index contributed by atoms with van der Waals surface area (Å²) in [5.41, 5.74) is 0.219. The van der Waals surface area contributed by atoms with Gasteiger partial charge in [-0.15, -0.1) is 0 Å². The predicted molar refractivity (Wildman–Crippen MR) is 58.1 cm³/mol. The predicted octanol–water partition coefficient (Wildman–Crippen LogP) is 3.57. The molecule has 0 aromatic rings. The molecule has 0 unspecified atom stereocenters. The molecule has 0 radical (unpaired) electrons. The van der Waals surface area contributed by atoms with Gasteiger partial charge >= 0.3 is 0 Å². The van der Waals surface area contributed by atoms with Gasteiger partial charge in [-0.1, -0.05) is 33.6 Å². The van der Waals surface area contributed by atoms with Crippen LogP contribution >= 0.6 is 0 Å². The second-order valence-electron chi connectivity index (χ2n) is 5.95. The summed E-state index contributed by atoms with van der Waals surface area (Å²) in [6, 6.07) is 0. The molecule has 0 aromatic heterocycles. The van der Waals surface area contributed by atoms with Crippen molar-refractivity contribution in [2.75, 3.05) is 0 Å². The van der Waals surface area contributed by atoms with Crippen LogP contribution in [-0.2, 0) is 4.79 Å². The molecule has 2 atom stereocenters. The van der Waals surface area contributed by atoms with E-state index in [0.717, 1.165) is 18.8 Å². The van der Waals surface area contributed by atoms with Crippen LogP contribution in [-0.4, -0.2) is 5.78 Å². The zero-order chi connectivity index (χ0) is 10.4. The third-order valence-corrected chi connectivity index (χ3v) is 5.24. The molecule has 2 rings (SSSR count). The van der Waals surface area contributed by atoms with E-state index in [9.17, 15) is 4.79 Å². The van der Waals surface area contributed by atoms with Crippen LogP contribution in [0.2, 0.25) is 0 Å². The number of carbonyl (C=O) groups is 1. The van der Waals surface area contributed by atoms with Gasteiger partial charge in [0.1, 0.15) is 5.78 Å². The quantitative estimate of drug-likeness (QED) is 0.576. The Morgan fingerprint density at radius 2 is 1.86 bits per heavy atom. The number of hydrogen-bond acceptors (Lipinski definition) is 1. The molecule has 0 aromatic carbocycles. The lowest BCUT2D eigenvalue weighted by atomic mass is 9.49. The van der Waals surface area contributed by atoms with Crippen LogP contribution in [0.3, 0.4) is 0 Å². The van der Waals surface area contributed by atoms with Gasteiger partial charge in [-0.3, -0.25) is 4.79 Å². The van der Waals surface area contributed by atoms with E-state index < -0.39 is 0 Å². The normalized spacial score (nSPS) is 41.9. The maximum atomic E-state index is 12.0. The van der Waals surface area contributed by atoms with Crippen molar-refractivity contribution >= 4 is 5.78 Å². The van der Waals surface area contributed by atoms with E-state index in [1.807, 2.05) is 0 Å². The molecule has 80 valence electrons. The molecular weight excluding hydrogens is 172 g/mol. The number of fused-ring (bicyclic) bond motifs is 1.